The Hall–Kier alpha value is -1.32. The lowest BCUT2D eigenvalue weighted by molar-refractivity contribution is 0.501. The van der Waals surface area contributed by atoms with Gasteiger partial charge in [0.05, 0.1) is 0 Å². The van der Waals surface area contributed by atoms with Gasteiger partial charge in [0.15, 0.2) is 0 Å². The first kappa shape index (κ1) is 13.7. The molecule has 0 saturated carbocycles. The van der Waals surface area contributed by atoms with Crippen LogP contribution in [0.25, 0.3) is 0 Å². The predicted octanol–water partition coefficient (Wildman–Crippen LogP) is 2.49. The molecule has 1 atom stereocenters. The van der Waals surface area contributed by atoms with Crippen molar-refractivity contribution in [2.75, 3.05) is 17.7 Å². The number of nitrogens with two attached hydrogens (primary N) is 1. The molecule has 0 aliphatic rings. The molecule has 0 bridgehead atoms. The molecule has 1 aromatic rings. The molecule has 1 heterocycles. The standard InChI is InChI=1S/C13H24N4/c1-6-7-11-12(14)15-8-16-13(11)17(5)10(4)9(2)3/h8-10H,6-7H2,1-5H3,(H2,14,15,16). The summed E-state index contributed by atoms with van der Waals surface area (Å²) in [6, 6.07) is 0.430. The minimum atomic E-state index is 0.430. The topological polar surface area (TPSA) is 55.0 Å². The van der Waals surface area contributed by atoms with Crippen molar-refractivity contribution >= 4 is 11.6 Å². The minimum Gasteiger partial charge on any atom is -0.383 e. The summed E-state index contributed by atoms with van der Waals surface area (Å²) in [5, 5.41) is 0. The second-order valence-electron chi connectivity index (χ2n) is 4.91. The Morgan fingerprint density at radius 1 is 1.29 bits per heavy atom. The fourth-order valence-corrected chi connectivity index (χ4v) is 1.85. The Balaban J connectivity index is 3.07. The summed E-state index contributed by atoms with van der Waals surface area (Å²) in [7, 11) is 2.08. The van der Waals surface area contributed by atoms with E-state index in [1.165, 1.54) is 0 Å². The van der Waals surface area contributed by atoms with E-state index in [-0.39, 0.29) is 0 Å². The molecule has 0 amide bonds. The van der Waals surface area contributed by atoms with Crippen LogP contribution in [0.15, 0.2) is 6.33 Å². The molecule has 0 aromatic carbocycles. The van der Waals surface area contributed by atoms with E-state index in [2.05, 4.69) is 49.6 Å². The van der Waals surface area contributed by atoms with E-state index < -0.39 is 0 Å². The van der Waals surface area contributed by atoms with E-state index in [1.54, 1.807) is 6.33 Å². The van der Waals surface area contributed by atoms with Crippen LogP contribution in [0.2, 0.25) is 0 Å². The second-order valence-corrected chi connectivity index (χ2v) is 4.91. The zero-order valence-corrected chi connectivity index (χ0v) is 11.6. The summed E-state index contributed by atoms with van der Waals surface area (Å²) in [4.78, 5) is 10.7. The van der Waals surface area contributed by atoms with Gasteiger partial charge in [-0.15, -0.1) is 0 Å². The van der Waals surface area contributed by atoms with Gasteiger partial charge in [-0.3, -0.25) is 0 Å². The Morgan fingerprint density at radius 3 is 2.47 bits per heavy atom. The first-order valence-electron chi connectivity index (χ1n) is 6.31. The van der Waals surface area contributed by atoms with Gasteiger partial charge in [-0.25, -0.2) is 9.97 Å². The van der Waals surface area contributed by atoms with Crippen LogP contribution in [0.4, 0.5) is 11.6 Å². The molecule has 17 heavy (non-hydrogen) atoms. The molecule has 1 aromatic heterocycles. The quantitative estimate of drug-likeness (QED) is 0.853. The molecule has 1 rings (SSSR count). The van der Waals surface area contributed by atoms with Gasteiger partial charge in [0, 0.05) is 18.7 Å². The summed E-state index contributed by atoms with van der Waals surface area (Å²) in [6.45, 7) is 8.78. The van der Waals surface area contributed by atoms with E-state index in [0.29, 0.717) is 17.8 Å². The van der Waals surface area contributed by atoms with Crippen LogP contribution in [-0.2, 0) is 6.42 Å². The zero-order chi connectivity index (χ0) is 13.0. The van der Waals surface area contributed by atoms with Gasteiger partial charge in [-0.2, -0.15) is 0 Å². The summed E-state index contributed by atoms with van der Waals surface area (Å²) in [6.07, 6.45) is 3.53. The average molecular weight is 236 g/mol. The normalized spacial score (nSPS) is 12.8. The average Bonchev–Trinajstić information content (AvgIpc) is 2.30. The van der Waals surface area contributed by atoms with E-state index in [9.17, 15) is 0 Å². The molecule has 4 nitrogen and oxygen atoms in total. The van der Waals surface area contributed by atoms with E-state index in [0.717, 1.165) is 24.2 Å². The maximum absolute atomic E-state index is 5.94. The second kappa shape index (κ2) is 5.84. The van der Waals surface area contributed by atoms with Crippen LogP contribution >= 0.6 is 0 Å². The molecule has 1 unspecified atom stereocenters. The zero-order valence-electron chi connectivity index (χ0n) is 11.6. The third-order valence-corrected chi connectivity index (χ3v) is 3.37. The van der Waals surface area contributed by atoms with Crippen molar-refractivity contribution < 1.29 is 0 Å². The Kier molecular flexibility index (Phi) is 4.73. The number of nitrogens with zero attached hydrogens (tertiary/aromatic N) is 3. The van der Waals surface area contributed by atoms with Crippen LogP contribution < -0.4 is 10.6 Å². The fraction of sp³-hybridized carbons (Fsp3) is 0.692. The molecule has 0 aliphatic heterocycles. The summed E-state index contributed by atoms with van der Waals surface area (Å²) < 4.78 is 0. The van der Waals surface area contributed by atoms with Gasteiger partial charge < -0.3 is 10.6 Å². The van der Waals surface area contributed by atoms with Crippen molar-refractivity contribution in [1.29, 1.82) is 0 Å². The van der Waals surface area contributed by atoms with E-state index in [1.807, 2.05) is 0 Å². The highest BCUT2D eigenvalue weighted by Crippen LogP contribution is 2.25. The highest BCUT2D eigenvalue weighted by Gasteiger charge is 2.19. The van der Waals surface area contributed by atoms with Crippen molar-refractivity contribution in [3.05, 3.63) is 11.9 Å². The molecule has 0 radical (unpaired) electrons. The summed E-state index contributed by atoms with van der Waals surface area (Å²) >= 11 is 0. The highest BCUT2D eigenvalue weighted by molar-refractivity contribution is 5.56. The predicted molar refractivity (Wildman–Crippen MR) is 73.1 cm³/mol. The number of hydrogen-bond donors (Lipinski definition) is 1. The van der Waals surface area contributed by atoms with Gasteiger partial charge in [-0.05, 0) is 19.3 Å². The number of hydrogen-bond acceptors (Lipinski definition) is 4. The molecule has 4 heteroatoms. The smallest absolute Gasteiger partial charge is 0.137 e. The fourth-order valence-electron chi connectivity index (χ4n) is 1.85. The first-order valence-corrected chi connectivity index (χ1v) is 6.31. The van der Waals surface area contributed by atoms with Crippen LogP contribution in [0.3, 0.4) is 0 Å². The summed E-state index contributed by atoms with van der Waals surface area (Å²) in [5.41, 5.74) is 7.02. The number of rotatable bonds is 5. The molecule has 2 N–H and O–H groups in total. The van der Waals surface area contributed by atoms with Crippen LogP contribution in [0.5, 0.6) is 0 Å². The van der Waals surface area contributed by atoms with Crippen LogP contribution in [-0.4, -0.2) is 23.1 Å². The van der Waals surface area contributed by atoms with Gasteiger partial charge >= 0.3 is 0 Å². The van der Waals surface area contributed by atoms with Crippen molar-refractivity contribution in [2.45, 2.75) is 46.6 Å². The molecule has 0 spiro atoms. The van der Waals surface area contributed by atoms with Gasteiger partial charge in [0.25, 0.3) is 0 Å². The highest BCUT2D eigenvalue weighted by atomic mass is 15.2. The van der Waals surface area contributed by atoms with Gasteiger partial charge in [-0.1, -0.05) is 27.2 Å². The monoisotopic (exact) mass is 236 g/mol. The van der Waals surface area contributed by atoms with Crippen molar-refractivity contribution in [3.8, 4) is 0 Å². The molecule has 0 saturated heterocycles. The van der Waals surface area contributed by atoms with E-state index >= 15 is 0 Å². The minimum absolute atomic E-state index is 0.430. The number of anilines is 2. The van der Waals surface area contributed by atoms with Gasteiger partial charge in [0.2, 0.25) is 0 Å². The molecular weight excluding hydrogens is 212 g/mol. The molecular formula is C13H24N4. The Bertz CT molecular complexity index is 362. The number of aromatic nitrogens is 2. The lowest BCUT2D eigenvalue weighted by Gasteiger charge is -2.30. The Labute approximate surface area is 104 Å². The summed E-state index contributed by atoms with van der Waals surface area (Å²) in [5.74, 6) is 2.16. The van der Waals surface area contributed by atoms with Crippen molar-refractivity contribution in [1.82, 2.24) is 9.97 Å². The van der Waals surface area contributed by atoms with Crippen LogP contribution in [0, 0.1) is 5.92 Å². The third-order valence-electron chi connectivity index (χ3n) is 3.37. The number of nitrogen functional groups attached to an aromatic ring is 1. The Morgan fingerprint density at radius 2 is 1.94 bits per heavy atom. The maximum Gasteiger partial charge on any atom is 0.137 e. The molecule has 0 aliphatic carbocycles. The van der Waals surface area contributed by atoms with Crippen LogP contribution in [0.1, 0.15) is 39.7 Å². The lowest BCUT2D eigenvalue weighted by atomic mass is 10.0. The molecule has 0 fully saturated rings. The lowest BCUT2D eigenvalue weighted by Crippen LogP contribution is -2.34. The maximum atomic E-state index is 5.94. The third kappa shape index (κ3) is 3.08. The van der Waals surface area contributed by atoms with Gasteiger partial charge in [0.1, 0.15) is 18.0 Å². The largest absolute Gasteiger partial charge is 0.383 e. The van der Waals surface area contributed by atoms with Crippen molar-refractivity contribution in [2.24, 2.45) is 5.92 Å². The van der Waals surface area contributed by atoms with E-state index in [4.69, 9.17) is 5.73 Å². The SMILES string of the molecule is CCCc1c(N)ncnc1N(C)C(C)C(C)C. The first-order chi connectivity index (χ1) is 7.99. The van der Waals surface area contributed by atoms with Crippen molar-refractivity contribution in [3.63, 3.8) is 0 Å². The molecule has 96 valence electrons.